The number of hydrogen-bond acceptors (Lipinski definition) is 3. The Balaban J connectivity index is 2.08. The molecule has 1 aromatic rings. The van der Waals surface area contributed by atoms with Crippen LogP contribution in [0.5, 0.6) is 0 Å². The van der Waals surface area contributed by atoms with Crippen LogP contribution in [0.4, 0.5) is 0 Å². The van der Waals surface area contributed by atoms with Gasteiger partial charge in [-0.25, -0.2) is 0 Å². The molecule has 92 valence electrons. The molecule has 0 radical (unpaired) electrons. The van der Waals surface area contributed by atoms with Crippen LogP contribution in [0, 0.1) is 5.41 Å². The first kappa shape index (κ1) is 14.2. The van der Waals surface area contributed by atoms with E-state index in [9.17, 15) is 0 Å². The third-order valence-corrected chi connectivity index (χ3v) is 4.14. The molecule has 0 fully saturated rings. The van der Waals surface area contributed by atoms with Gasteiger partial charge in [-0.2, -0.15) is 0 Å². The standard InChI is InChI=1S/C12H20BrNOS/c1-12(2,9-15)4-3-5-14-7-10-6-11(13)16-8-10/h6,8,14-15H,3-5,7,9H2,1-2H3. The highest BCUT2D eigenvalue weighted by Gasteiger charge is 2.14. The lowest BCUT2D eigenvalue weighted by molar-refractivity contribution is 0.148. The molecule has 0 spiro atoms. The zero-order chi connectivity index (χ0) is 12.0. The highest BCUT2D eigenvalue weighted by Crippen LogP contribution is 2.21. The molecule has 1 rings (SSSR count). The fraction of sp³-hybridized carbons (Fsp3) is 0.667. The van der Waals surface area contributed by atoms with Crippen molar-refractivity contribution in [3.05, 3.63) is 20.8 Å². The van der Waals surface area contributed by atoms with E-state index in [1.165, 1.54) is 9.35 Å². The smallest absolute Gasteiger partial charge is 0.0701 e. The van der Waals surface area contributed by atoms with Crippen molar-refractivity contribution in [3.8, 4) is 0 Å². The fourth-order valence-corrected chi connectivity index (χ4v) is 2.65. The first-order valence-corrected chi connectivity index (χ1v) is 7.25. The molecule has 2 N–H and O–H groups in total. The summed E-state index contributed by atoms with van der Waals surface area (Å²) in [7, 11) is 0. The number of aliphatic hydroxyl groups is 1. The molecule has 0 unspecified atom stereocenters. The van der Waals surface area contributed by atoms with Gasteiger partial charge in [0.15, 0.2) is 0 Å². The molecule has 4 heteroatoms. The molecule has 1 heterocycles. The average Bonchev–Trinajstić information content (AvgIpc) is 2.64. The van der Waals surface area contributed by atoms with E-state index >= 15 is 0 Å². The predicted octanol–water partition coefficient (Wildman–Crippen LogP) is 3.40. The number of aliphatic hydroxyl groups excluding tert-OH is 1. The van der Waals surface area contributed by atoms with E-state index in [2.05, 4.69) is 46.5 Å². The summed E-state index contributed by atoms with van der Waals surface area (Å²) in [5, 5.41) is 14.7. The van der Waals surface area contributed by atoms with Gasteiger partial charge in [-0.05, 0) is 57.7 Å². The summed E-state index contributed by atoms with van der Waals surface area (Å²) in [6, 6.07) is 2.15. The summed E-state index contributed by atoms with van der Waals surface area (Å²) in [6.07, 6.45) is 2.17. The van der Waals surface area contributed by atoms with E-state index in [-0.39, 0.29) is 12.0 Å². The van der Waals surface area contributed by atoms with Gasteiger partial charge < -0.3 is 10.4 Å². The average molecular weight is 306 g/mol. The molecular weight excluding hydrogens is 286 g/mol. The molecule has 0 saturated carbocycles. The number of rotatable bonds is 7. The minimum atomic E-state index is 0.0626. The Kier molecular flexibility index (Phi) is 5.97. The Bertz CT molecular complexity index is 312. The van der Waals surface area contributed by atoms with Gasteiger partial charge in [-0.1, -0.05) is 13.8 Å². The van der Waals surface area contributed by atoms with E-state index in [0.29, 0.717) is 0 Å². The fourth-order valence-electron chi connectivity index (χ4n) is 1.44. The summed E-state index contributed by atoms with van der Waals surface area (Å²) in [6.45, 7) is 6.41. The van der Waals surface area contributed by atoms with Crippen LogP contribution in [-0.4, -0.2) is 18.3 Å². The van der Waals surface area contributed by atoms with Crippen LogP contribution in [0.15, 0.2) is 15.2 Å². The summed E-state index contributed by atoms with van der Waals surface area (Å²) in [5.41, 5.74) is 1.39. The van der Waals surface area contributed by atoms with Crippen molar-refractivity contribution in [3.63, 3.8) is 0 Å². The maximum absolute atomic E-state index is 9.11. The van der Waals surface area contributed by atoms with E-state index in [4.69, 9.17) is 5.11 Å². The molecule has 2 nitrogen and oxygen atoms in total. The lowest BCUT2D eigenvalue weighted by Crippen LogP contribution is -2.20. The number of halogens is 1. The summed E-state index contributed by atoms with van der Waals surface area (Å²) < 4.78 is 1.19. The van der Waals surface area contributed by atoms with Gasteiger partial charge in [-0.3, -0.25) is 0 Å². The molecule has 0 atom stereocenters. The Labute approximate surface area is 110 Å². The Hall–Kier alpha value is 0.100. The van der Waals surface area contributed by atoms with Crippen molar-refractivity contribution < 1.29 is 5.11 Å². The van der Waals surface area contributed by atoms with Crippen molar-refractivity contribution in [2.24, 2.45) is 5.41 Å². The predicted molar refractivity (Wildman–Crippen MR) is 73.8 cm³/mol. The van der Waals surface area contributed by atoms with Crippen molar-refractivity contribution in [1.29, 1.82) is 0 Å². The lowest BCUT2D eigenvalue weighted by Gasteiger charge is -2.21. The van der Waals surface area contributed by atoms with Crippen LogP contribution in [0.25, 0.3) is 0 Å². The molecule has 0 aromatic carbocycles. The van der Waals surface area contributed by atoms with Crippen LogP contribution in [0.1, 0.15) is 32.3 Å². The number of hydrogen-bond donors (Lipinski definition) is 2. The molecule has 0 saturated heterocycles. The SMILES string of the molecule is CC(C)(CO)CCCNCc1csc(Br)c1. The van der Waals surface area contributed by atoms with Gasteiger partial charge in [0, 0.05) is 13.2 Å². The second-order valence-corrected chi connectivity index (χ2v) is 7.15. The zero-order valence-corrected chi connectivity index (χ0v) is 12.3. The van der Waals surface area contributed by atoms with E-state index in [1.807, 2.05) is 0 Å². The van der Waals surface area contributed by atoms with Gasteiger partial charge in [0.2, 0.25) is 0 Å². The Morgan fingerprint density at radius 2 is 2.25 bits per heavy atom. The highest BCUT2D eigenvalue weighted by atomic mass is 79.9. The van der Waals surface area contributed by atoms with Gasteiger partial charge in [0.1, 0.15) is 0 Å². The largest absolute Gasteiger partial charge is 0.396 e. The topological polar surface area (TPSA) is 32.3 Å². The zero-order valence-electron chi connectivity index (χ0n) is 9.92. The monoisotopic (exact) mass is 305 g/mol. The Morgan fingerprint density at radius 3 is 2.81 bits per heavy atom. The molecule has 0 bridgehead atoms. The molecule has 0 amide bonds. The van der Waals surface area contributed by atoms with Crippen LogP contribution in [-0.2, 0) is 6.54 Å². The number of thiophene rings is 1. The van der Waals surface area contributed by atoms with Crippen LogP contribution < -0.4 is 5.32 Å². The molecule has 0 aliphatic carbocycles. The maximum atomic E-state index is 9.11. The Morgan fingerprint density at radius 1 is 1.50 bits per heavy atom. The van der Waals surface area contributed by atoms with E-state index in [1.54, 1.807) is 11.3 Å². The van der Waals surface area contributed by atoms with Crippen molar-refractivity contribution in [2.75, 3.05) is 13.2 Å². The van der Waals surface area contributed by atoms with E-state index in [0.717, 1.165) is 25.9 Å². The summed E-state index contributed by atoms with van der Waals surface area (Å²) >= 11 is 5.17. The first-order chi connectivity index (χ1) is 7.53. The minimum Gasteiger partial charge on any atom is -0.396 e. The molecule has 16 heavy (non-hydrogen) atoms. The maximum Gasteiger partial charge on any atom is 0.0701 e. The third-order valence-electron chi connectivity index (χ3n) is 2.59. The quantitative estimate of drug-likeness (QED) is 0.757. The minimum absolute atomic E-state index is 0.0626. The van der Waals surface area contributed by atoms with Crippen molar-refractivity contribution >= 4 is 27.3 Å². The number of nitrogens with one attached hydrogen (secondary N) is 1. The van der Waals surface area contributed by atoms with E-state index < -0.39 is 0 Å². The second kappa shape index (κ2) is 6.74. The molecular formula is C12H20BrNOS. The molecule has 0 aliphatic rings. The van der Waals surface area contributed by atoms with Crippen LogP contribution in [0.2, 0.25) is 0 Å². The second-order valence-electron chi connectivity index (χ2n) is 4.86. The normalized spacial score (nSPS) is 12.0. The van der Waals surface area contributed by atoms with Gasteiger partial charge in [0.25, 0.3) is 0 Å². The third kappa shape index (κ3) is 5.43. The van der Waals surface area contributed by atoms with Crippen LogP contribution >= 0.6 is 27.3 Å². The molecule has 0 aliphatic heterocycles. The van der Waals surface area contributed by atoms with Crippen molar-refractivity contribution in [1.82, 2.24) is 5.32 Å². The van der Waals surface area contributed by atoms with Gasteiger partial charge in [0.05, 0.1) is 3.79 Å². The molecule has 1 aromatic heterocycles. The van der Waals surface area contributed by atoms with Crippen molar-refractivity contribution in [2.45, 2.75) is 33.2 Å². The van der Waals surface area contributed by atoms with Gasteiger partial charge >= 0.3 is 0 Å². The summed E-state index contributed by atoms with van der Waals surface area (Å²) in [4.78, 5) is 0. The highest BCUT2D eigenvalue weighted by molar-refractivity contribution is 9.11. The van der Waals surface area contributed by atoms with Crippen LogP contribution in [0.3, 0.4) is 0 Å². The first-order valence-electron chi connectivity index (χ1n) is 5.58. The summed E-state index contributed by atoms with van der Waals surface area (Å²) in [5.74, 6) is 0. The van der Waals surface area contributed by atoms with Gasteiger partial charge in [-0.15, -0.1) is 11.3 Å². The lowest BCUT2D eigenvalue weighted by atomic mass is 9.89.